The molecular formula is C62H57NO15. The first-order chi connectivity index (χ1) is 38.3. The van der Waals surface area contributed by atoms with Crippen LogP contribution in [0.5, 0.6) is 0 Å². The molecule has 78 heavy (non-hydrogen) atoms. The van der Waals surface area contributed by atoms with Crippen LogP contribution in [-0.2, 0) is 72.0 Å². The lowest BCUT2D eigenvalue weighted by Gasteiger charge is -2.46. The van der Waals surface area contributed by atoms with Crippen LogP contribution in [0.4, 0.5) is 0 Å². The standard InChI is InChI=1S/C62H57NO15/c1-68-62-56(71-39-44-27-13-4-14-28-44)55(70-38-43-25-11-3-12-26-43)52(69-37-42-23-9-2-10-24-42)49(75-62)41-73-61-51(63-78-60(67)48-35-21-8-22-36-48)54(77-59(66)47-33-19-7-20-34-47)53(76-58(65)46-31-17-6-18-32-46)50(74-61)40-72-57(64)45-29-15-5-16-30-45/h2-36,49-50,52-56,61-62H,37-41H2,1H3/b63-51+/t49-,50-,52-,53+,54-,55+,56-,61-,62+/m1/s1. The third-order valence-electron chi connectivity index (χ3n) is 12.7. The molecule has 7 aromatic rings. The van der Waals surface area contributed by atoms with E-state index in [1.807, 2.05) is 91.0 Å². The summed E-state index contributed by atoms with van der Waals surface area (Å²) < 4.78 is 64.8. The molecule has 2 saturated heterocycles. The highest BCUT2D eigenvalue weighted by Gasteiger charge is 2.53. The summed E-state index contributed by atoms with van der Waals surface area (Å²) in [4.78, 5) is 61.4. The first-order valence-electron chi connectivity index (χ1n) is 25.3. The summed E-state index contributed by atoms with van der Waals surface area (Å²) in [5.74, 6) is -3.35. The Balaban J connectivity index is 1.10. The lowest BCUT2D eigenvalue weighted by Crippen LogP contribution is -2.63. The van der Waals surface area contributed by atoms with E-state index in [-0.39, 0.29) is 54.4 Å². The van der Waals surface area contributed by atoms with Gasteiger partial charge in [0.25, 0.3) is 0 Å². The third kappa shape index (κ3) is 14.6. The molecule has 16 heteroatoms. The fourth-order valence-corrected chi connectivity index (χ4v) is 8.73. The highest BCUT2D eigenvalue weighted by molar-refractivity contribution is 5.99. The Morgan fingerprint density at radius 1 is 0.410 bits per heavy atom. The van der Waals surface area contributed by atoms with Gasteiger partial charge < -0.3 is 52.2 Å². The monoisotopic (exact) mass is 1060 g/mol. The van der Waals surface area contributed by atoms with E-state index < -0.39 is 85.8 Å². The molecule has 16 nitrogen and oxygen atoms in total. The Morgan fingerprint density at radius 2 is 0.808 bits per heavy atom. The minimum Gasteiger partial charge on any atom is -0.459 e. The molecular weight excluding hydrogens is 999 g/mol. The second-order valence-corrected chi connectivity index (χ2v) is 18.1. The second-order valence-electron chi connectivity index (χ2n) is 18.1. The summed E-state index contributed by atoms with van der Waals surface area (Å²) in [5, 5.41) is 4.31. The van der Waals surface area contributed by atoms with Crippen molar-refractivity contribution in [2.24, 2.45) is 5.16 Å². The van der Waals surface area contributed by atoms with E-state index in [4.69, 9.17) is 52.2 Å². The van der Waals surface area contributed by atoms with Crippen molar-refractivity contribution in [2.45, 2.75) is 75.1 Å². The summed E-state index contributed by atoms with van der Waals surface area (Å²) in [5.41, 5.74) is 2.90. The van der Waals surface area contributed by atoms with E-state index in [1.54, 1.807) is 84.9 Å². The van der Waals surface area contributed by atoms with Gasteiger partial charge in [-0.2, -0.15) is 0 Å². The normalized spacial score (nSPS) is 22.4. The van der Waals surface area contributed by atoms with Crippen molar-refractivity contribution in [3.63, 3.8) is 0 Å². The van der Waals surface area contributed by atoms with Crippen LogP contribution in [0.25, 0.3) is 0 Å². The molecule has 2 heterocycles. The molecule has 9 atom stereocenters. The molecule has 7 aromatic carbocycles. The average molecular weight is 1060 g/mol. The lowest BCUT2D eigenvalue weighted by molar-refractivity contribution is -0.327. The van der Waals surface area contributed by atoms with Crippen LogP contribution < -0.4 is 0 Å². The van der Waals surface area contributed by atoms with E-state index in [0.29, 0.717) is 0 Å². The maximum absolute atomic E-state index is 14.3. The molecule has 0 bridgehead atoms. The van der Waals surface area contributed by atoms with Crippen molar-refractivity contribution in [3.8, 4) is 0 Å². The smallest absolute Gasteiger partial charge is 0.365 e. The largest absolute Gasteiger partial charge is 0.459 e. The number of ether oxygens (including phenoxy) is 10. The Hall–Kier alpha value is -8.19. The van der Waals surface area contributed by atoms with Gasteiger partial charge in [-0.15, -0.1) is 0 Å². The van der Waals surface area contributed by atoms with Gasteiger partial charge in [0.1, 0.15) is 37.1 Å². The van der Waals surface area contributed by atoms with Crippen molar-refractivity contribution in [1.82, 2.24) is 0 Å². The first kappa shape index (κ1) is 54.6. The molecule has 0 aromatic heterocycles. The summed E-state index contributed by atoms with van der Waals surface area (Å²) >= 11 is 0. The summed E-state index contributed by atoms with van der Waals surface area (Å²) in [6.45, 7) is -0.498. The Morgan fingerprint density at radius 3 is 1.28 bits per heavy atom. The van der Waals surface area contributed by atoms with Crippen molar-refractivity contribution in [1.29, 1.82) is 0 Å². The van der Waals surface area contributed by atoms with Crippen molar-refractivity contribution >= 4 is 29.6 Å². The van der Waals surface area contributed by atoms with Gasteiger partial charge in [0.2, 0.25) is 6.29 Å². The maximum Gasteiger partial charge on any atom is 0.365 e. The number of carbonyl (C=O) groups excluding carboxylic acids is 4. The van der Waals surface area contributed by atoms with Crippen LogP contribution in [0.15, 0.2) is 217 Å². The number of nitrogens with zero attached hydrogens (tertiary/aromatic N) is 1. The molecule has 2 fully saturated rings. The molecule has 2 aliphatic heterocycles. The van der Waals surface area contributed by atoms with Crippen molar-refractivity contribution in [3.05, 3.63) is 251 Å². The van der Waals surface area contributed by atoms with E-state index >= 15 is 0 Å². The van der Waals surface area contributed by atoms with Gasteiger partial charge in [-0.1, -0.05) is 169 Å². The fourth-order valence-electron chi connectivity index (χ4n) is 8.73. The van der Waals surface area contributed by atoms with E-state index in [9.17, 15) is 19.2 Å². The fraction of sp³-hybridized carbons (Fsp3) is 0.242. The van der Waals surface area contributed by atoms with Crippen LogP contribution in [0.1, 0.15) is 58.1 Å². The maximum atomic E-state index is 14.3. The van der Waals surface area contributed by atoms with Gasteiger partial charge in [-0.05, 0) is 65.2 Å². The average Bonchev–Trinajstić information content (AvgIpc) is 3.54. The number of esters is 3. The quantitative estimate of drug-likeness (QED) is 0.0271. The zero-order valence-corrected chi connectivity index (χ0v) is 42.5. The zero-order chi connectivity index (χ0) is 53.9. The number of hydrogen-bond donors (Lipinski definition) is 0. The minimum absolute atomic E-state index is 0.114. The number of carbonyl (C=O) groups is 4. The van der Waals surface area contributed by atoms with Crippen molar-refractivity contribution in [2.75, 3.05) is 20.3 Å². The summed E-state index contributed by atoms with van der Waals surface area (Å²) in [6.07, 6.45) is -11.3. The van der Waals surface area contributed by atoms with E-state index in [0.717, 1.165) is 16.7 Å². The van der Waals surface area contributed by atoms with Gasteiger partial charge in [-0.3, -0.25) is 0 Å². The third-order valence-corrected chi connectivity index (χ3v) is 12.7. The summed E-state index contributed by atoms with van der Waals surface area (Å²) in [7, 11) is 1.49. The lowest BCUT2D eigenvalue weighted by atomic mass is 9.97. The molecule has 2 aliphatic rings. The molecule has 0 spiro atoms. The Kier molecular flexibility index (Phi) is 19.4. The van der Waals surface area contributed by atoms with Crippen LogP contribution in [-0.4, -0.2) is 105 Å². The molecule has 0 unspecified atom stereocenters. The van der Waals surface area contributed by atoms with E-state index in [2.05, 4.69) is 5.16 Å². The van der Waals surface area contributed by atoms with Gasteiger partial charge in [-0.25, -0.2) is 19.2 Å². The van der Waals surface area contributed by atoms with Crippen LogP contribution in [0.3, 0.4) is 0 Å². The van der Waals surface area contributed by atoms with Gasteiger partial charge >= 0.3 is 23.9 Å². The first-order valence-corrected chi connectivity index (χ1v) is 25.3. The summed E-state index contributed by atoms with van der Waals surface area (Å²) in [6, 6.07) is 61.3. The predicted octanol–water partition coefficient (Wildman–Crippen LogP) is 9.38. The SMILES string of the molecule is CO[C@H]1O[C@H](CO[C@@H]2O[C@H](COC(=O)c3ccccc3)[C@H](OC(=O)c3ccccc3)[C@H](OC(=O)c3ccccc3)/C2=N\OC(=O)c2ccccc2)[C@@H](OCc2ccccc2)[C@H](OCc2ccccc2)[C@H]1OCc1ccccc1. The second kappa shape index (κ2) is 27.7. The minimum atomic E-state index is -1.73. The molecule has 0 aliphatic carbocycles. The molecule has 9 rings (SSSR count). The highest BCUT2D eigenvalue weighted by Crippen LogP contribution is 2.33. The number of methoxy groups -OCH3 is 1. The van der Waals surface area contributed by atoms with Crippen LogP contribution in [0, 0.1) is 0 Å². The zero-order valence-electron chi connectivity index (χ0n) is 42.5. The molecule has 0 N–H and O–H groups in total. The van der Waals surface area contributed by atoms with Gasteiger partial charge in [0, 0.05) is 7.11 Å². The number of hydrogen-bond acceptors (Lipinski definition) is 16. The topological polar surface area (TPSA) is 182 Å². The molecule has 400 valence electrons. The molecule has 0 amide bonds. The Labute approximate surface area is 451 Å². The Bertz CT molecular complexity index is 3010. The molecule has 0 saturated carbocycles. The van der Waals surface area contributed by atoms with Gasteiger partial charge in [0.05, 0.1) is 48.7 Å². The number of benzene rings is 7. The van der Waals surface area contributed by atoms with Crippen LogP contribution >= 0.6 is 0 Å². The van der Waals surface area contributed by atoms with Crippen LogP contribution in [0.2, 0.25) is 0 Å². The molecule has 0 radical (unpaired) electrons. The number of oxime groups is 1. The number of rotatable bonds is 22. The van der Waals surface area contributed by atoms with Crippen molar-refractivity contribution < 1.29 is 71.4 Å². The highest BCUT2D eigenvalue weighted by atomic mass is 16.7. The van der Waals surface area contributed by atoms with Gasteiger partial charge in [0.15, 0.2) is 24.2 Å². The predicted molar refractivity (Wildman–Crippen MR) is 283 cm³/mol. The van der Waals surface area contributed by atoms with E-state index in [1.165, 1.54) is 43.5 Å².